The Morgan fingerprint density at radius 3 is 2.97 bits per heavy atom. The Bertz CT molecular complexity index is 1300. The number of hydrogen-bond acceptors (Lipinski definition) is 7. The molecule has 4 aromatic rings. The van der Waals surface area contributed by atoms with Crippen molar-refractivity contribution in [2.75, 3.05) is 31.9 Å². The van der Waals surface area contributed by atoms with Gasteiger partial charge >= 0.3 is 0 Å². The lowest BCUT2D eigenvalue weighted by Gasteiger charge is -2.33. The number of nitrogen functional groups attached to an aromatic ring is 1. The quantitative estimate of drug-likeness (QED) is 0.465. The Labute approximate surface area is 192 Å². The third kappa shape index (κ3) is 4.43. The summed E-state index contributed by atoms with van der Waals surface area (Å²) < 4.78 is 1.18. The second-order valence-corrected chi connectivity index (χ2v) is 9.89. The first-order valence-electron chi connectivity index (χ1n) is 9.90. The molecular weight excluding hydrogens is 450 g/mol. The molecule has 1 saturated heterocycles. The summed E-state index contributed by atoms with van der Waals surface area (Å²) in [5.74, 6) is 1.16. The van der Waals surface area contributed by atoms with Crippen molar-refractivity contribution in [3.63, 3.8) is 0 Å². The molecule has 0 radical (unpaired) electrons. The second-order valence-electron chi connectivity index (χ2n) is 7.45. The lowest BCUT2D eigenvalue weighted by atomic mass is 10.2. The lowest BCUT2D eigenvalue weighted by Crippen LogP contribution is -2.49. The van der Waals surface area contributed by atoms with Crippen LogP contribution < -0.4 is 5.73 Å². The molecule has 1 amide bonds. The summed E-state index contributed by atoms with van der Waals surface area (Å²) in [5.41, 5.74) is 6.03. The Morgan fingerprint density at radius 2 is 2.10 bits per heavy atom. The third-order valence-corrected chi connectivity index (χ3v) is 7.38. The van der Waals surface area contributed by atoms with E-state index >= 15 is 0 Å². The van der Waals surface area contributed by atoms with Crippen LogP contribution in [0.4, 0.5) is 5.82 Å². The van der Waals surface area contributed by atoms with Crippen LogP contribution in [0.1, 0.15) is 10.7 Å². The SMILES string of the molecule is Nc1nc(CN2CCN(C/C=C/c3cc4ccc(Cl)cc4s3)CC2=O)nc2sccc12. The molecule has 0 saturated carbocycles. The molecule has 0 unspecified atom stereocenters. The number of anilines is 1. The molecule has 0 spiro atoms. The van der Waals surface area contributed by atoms with E-state index in [9.17, 15) is 4.79 Å². The molecule has 3 aromatic heterocycles. The van der Waals surface area contributed by atoms with Crippen molar-refractivity contribution in [1.82, 2.24) is 19.8 Å². The van der Waals surface area contributed by atoms with Crippen molar-refractivity contribution < 1.29 is 4.79 Å². The van der Waals surface area contributed by atoms with E-state index < -0.39 is 0 Å². The largest absolute Gasteiger partial charge is 0.383 e. The van der Waals surface area contributed by atoms with E-state index in [4.69, 9.17) is 17.3 Å². The van der Waals surface area contributed by atoms with Gasteiger partial charge < -0.3 is 10.6 Å². The first kappa shape index (κ1) is 20.4. The van der Waals surface area contributed by atoms with Crippen molar-refractivity contribution in [3.8, 4) is 0 Å². The number of fused-ring (bicyclic) bond motifs is 2. The van der Waals surface area contributed by atoms with Gasteiger partial charge in [0.25, 0.3) is 0 Å². The van der Waals surface area contributed by atoms with E-state index in [1.807, 2.05) is 34.5 Å². The van der Waals surface area contributed by atoms with Gasteiger partial charge in [-0.2, -0.15) is 0 Å². The average molecular weight is 470 g/mol. The summed E-state index contributed by atoms with van der Waals surface area (Å²) in [4.78, 5) is 27.6. The van der Waals surface area contributed by atoms with Crippen LogP contribution in [0.5, 0.6) is 0 Å². The van der Waals surface area contributed by atoms with Crippen LogP contribution in [0.15, 0.2) is 41.8 Å². The number of nitrogens with zero attached hydrogens (tertiary/aromatic N) is 4. The van der Waals surface area contributed by atoms with Crippen LogP contribution >= 0.6 is 34.3 Å². The first-order valence-corrected chi connectivity index (χ1v) is 12.0. The van der Waals surface area contributed by atoms with Gasteiger partial charge in [0, 0.05) is 34.2 Å². The normalized spacial score (nSPS) is 15.6. The number of hydrogen-bond donors (Lipinski definition) is 1. The van der Waals surface area contributed by atoms with Crippen molar-refractivity contribution in [3.05, 3.63) is 57.5 Å². The number of aromatic nitrogens is 2. The number of carbonyl (C=O) groups is 1. The second kappa shape index (κ2) is 8.55. The van der Waals surface area contributed by atoms with E-state index in [0.29, 0.717) is 31.3 Å². The smallest absolute Gasteiger partial charge is 0.237 e. The monoisotopic (exact) mass is 469 g/mol. The molecule has 0 bridgehead atoms. The highest BCUT2D eigenvalue weighted by atomic mass is 35.5. The fraction of sp³-hybridized carbons (Fsp3) is 0.227. The van der Waals surface area contributed by atoms with Crippen molar-refractivity contribution in [2.45, 2.75) is 6.54 Å². The number of carbonyl (C=O) groups excluding carboxylic acids is 1. The van der Waals surface area contributed by atoms with E-state index in [0.717, 1.165) is 28.3 Å². The molecule has 1 fully saturated rings. The molecule has 31 heavy (non-hydrogen) atoms. The van der Waals surface area contributed by atoms with Gasteiger partial charge in [-0.25, -0.2) is 9.97 Å². The highest BCUT2D eigenvalue weighted by molar-refractivity contribution is 7.19. The Balaban J connectivity index is 1.18. The van der Waals surface area contributed by atoms with Gasteiger partial charge in [0.05, 0.1) is 18.5 Å². The Morgan fingerprint density at radius 1 is 1.19 bits per heavy atom. The van der Waals surface area contributed by atoms with Crippen LogP contribution in [-0.2, 0) is 11.3 Å². The van der Waals surface area contributed by atoms with Gasteiger partial charge in [-0.3, -0.25) is 9.69 Å². The maximum absolute atomic E-state index is 12.7. The molecule has 2 N–H and O–H groups in total. The summed E-state index contributed by atoms with van der Waals surface area (Å²) in [6.07, 6.45) is 4.23. The molecule has 4 heterocycles. The number of halogens is 1. The number of amides is 1. The molecule has 0 aliphatic carbocycles. The zero-order chi connectivity index (χ0) is 21.4. The van der Waals surface area contributed by atoms with Gasteiger partial charge in [-0.1, -0.05) is 23.7 Å². The van der Waals surface area contributed by atoms with Gasteiger partial charge in [-0.15, -0.1) is 22.7 Å². The van der Waals surface area contributed by atoms with Crippen LogP contribution in [0.25, 0.3) is 26.4 Å². The van der Waals surface area contributed by atoms with Crippen LogP contribution in [0.3, 0.4) is 0 Å². The minimum atomic E-state index is 0.0876. The van der Waals surface area contributed by atoms with E-state index in [1.54, 1.807) is 11.3 Å². The molecule has 9 heteroatoms. The number of piperazine rings is 1. The fourth-order valence-corrected chi connectivity index (χ4v) is 5.73. The van der Waals surface area contributed by atoms with E-state index in [2.05, 4.69) is 33.1 Å². The molecular formula is C22H20ClN5OS2. The third-order valence-electron chi connectivity index (χ3n) is 5.28. The minimum Gasteiger partial charge on any atom is -0.383 e. The molecule has 1 aromatic carbocycles. The van der Waals surface area contributed by atoms with Crippen molar-refractivity contribution >= 4 is 72.4 Å². The Hall–Kier alpha value is -2.52. The molecule has 1 aliphatic heterocycles. The van der Waals surface area contributed by atoms with E-state index in [-0.39, 0.29) is 5.91 Å². The fourth-order valence-electron chi connectivity index (χ4n) is 3.67. The molecule has 158 valence electrons. The van der Waals surface area contributed by atoms with Gasteiger partial charge in [0.2, 0.25) is 5.91 Å². The highest BCUT2D eigenvalue weighted by Gasteiger charge is 2.24. The standard InChI is InChI=1S/C22H20ClN5OS2/c23-15-4-3-14-10-16(31-18(14)11-15)2-1-6-27-7-8-28(20(29)13-27)12-19-25-21(24)17-5-9-30-22(17)26-19/h1-5,9-11H,6-8,12-13H2,(H2,24,25,26)/b2-1+. The lowest BCUT2D eigenvalue weighted by molar-refractivity contribution is -0.136. The maximum atomic E-state index is 12.7. The Kier molecular flexibility index (Phi) is 5.62. The van der Waals surface area contributed by atoms with Crippen LogP contribution in [-0.4, -0.2) is 51.9 Å². The zero-order valence-electron chi connectivity index (χ0n) is 16.6. The maximum Gasteiger partial charge on any atom is 0.237 e. The predicted molar refractivity (Wildman–Crippen MR) is 130 cm³/mol. The minimum absolute atomic E-state index is 0.0876. The number of thiophene rings is 2. The van der Waals surface area contributed by atoms with Gasteiger partial charge in [0.15, 0.2) is 5.82 Å². The number of benzene rings is 1. The topological polar surface area (TPSA) is 75.3 Å². The molecule has 1 aliphatic rings. The van der Waals surface area contributed by atoms with Gasteiger partial charge in [-0.05, 0) is 41.1 Å². The van der Waals surface area contributed by atoms with Crippen LogP contribution in [0, 0.1) is 0 Å². The average Bonchev–Trinajstić information content (AvgIpc) is 3.36. The highest BCUT2D eigenvalue weighted by Crippen LogP contribution is 2.29. The summed E-state index contributed by atoms with van der Waals surface area (Å²) >= 11 is 9.32. The predicted octanol–water partition coefficient (Wildman–Crippen LogP) is 4.50. The zero-order valence-corrected chi connectivity index (χ0v) is 19.0. The van der Waals surface area contributed by atoms with Gasteiger partial charge in [0.1, 0.15) is 10.6 Å². The summed E-state index contributed by atoms with van der Waals surface area (Å²) in [7, 11) is 0. The number of rotatable bonds is 5. The summed E-state index contributed by atoms with van der Waals surface area (Å²) in [5, 5.41) is 4.77. The summed E-state index contributed by atoms with van der Waals surface area (Å²) in [6.45, 7) is 2.99. The van der Waals surface area contributed by atoms with Crippen LogP contribution in [0.2, 0.25) is 5.02 Å². The van der Waals surface area contributed by atoms with Crippen molar-refractivity contribution in [1.29, 1.82) is 0 Å². The van der Waals surface area contributed by atoms with Crippen molar-refractivity contribution in [2.24, 2.45) is 0 Å². The van der Waals surface area contributed by atoms with E-state index in [1.165, 1.54) is 26.3 Å². The summed E-state index contributed by atoms with van der Waals surface area (Å²) in [6, 6.07) is 10.0. The first-order chi connectivity index (χ1) is 15.0. The molecule has 0 atom stereocenters. The molecule has 6 nitrogen and oxygen atoms in total. The number of nitrogens with two attached hydrogens (primary N) is 1. The molecule has 5 rings (SSSR count).